The van der Waals surface area contributed by atoms with Gasteiger partial charge in [0.25, 0.3) is 0 Å². The van der Waals surface area contributed by atoms with E-state index in [0.29, 0.717) is 0 Å². The van der Waals surface area contributed by atoms with Crippen LogP contribution in [0.3, 0.4) is 0 Å². The summed E-state index contributed by atoms with van der Waals surface area (Å²) in [5, 5.41) is 14.7. The monoisotopic (exact) mass is 204 g/mol. The van der Waals surface area contributed by atoms with E-state index in [2.05, 4.69) is 23.3 Å². The molecule has 1 aromatic heterocycles. The Hall–Kier alpha value is -1.35. The highest BCUT2D eigenvalue weighted by Crippen LogP contribution is 2.22. The van der Waals surface area contributed by atoms with Gasteiger partial charge >= 0.3 is 0 Å². The van der Waals surface area contributed by atoms with Gasteiger partial charge in [0.15, 0.2) is 0 Å². The molecule has 1 atom stereocenters. The zero-order valence-corrected chi connectivity index (χ0v) is 9.36. The predicted octanol–water partition coefficient (Wildman–Crippen LogP) is 1.98. The maximum atomic E-state index is 9.11. The van der Waals surface area contributed by atoms with Gasteiger partial charge in [-0.3, -0.25) is 4.68 Å². The van der Waals surface area contributed by atoms with Gasteiger partial charge in [-0.05, 0) is 18.6 Å². The molecule has 0 saturated heterocycles. The highest BCUT2D eigenvalue weighted by molar-refractivity contribution is 5.82. The molecular weight excluding hydrogens is 188 g/mol. The van der Waals surface area contributed by atoms with Crippen molar-refractivity contribution in [1.82, 2.24) is 9.78 Å². The lowest BCUT2D eigenvalue weighted by atomic mass is 10.0. The molecule has 3 nitrogen and oxygen atoms in total. The highest BCUT2D eigenvalue weighted by Gasteiger charge is 2.08. The summed E-state index contributed by atoms with van der Waals surface area (Å²) in [5.74, 6) is 0.185. The van der Waals surface area contributed by atoms with E-state index in [1.54, 1.807) is 0 Å². The summed E-state index contributed by atoms with van der Waals surface area (Å²) < 4.78 is 1.89. The minimum atomic E-state index is 0.183. The molecule has 0 saturated carbocycles. The van der Waals surface area contributed by atoms with Gasteiger partial charge in [-0.1, -0.05) is 19.1 Å². The van der Waals surface area contributed by atoms with Gasteiger partial charge in [0.05, 0.1) is 11.2 Å². The molecule has 1 heterocycles. The molecule has 0 aliphatic carbocycles. The first-order valence-electron chi connectivity index (χ1n) is 5.17. The average Bonchev–Trinajstić information content (AvgIpc) is 2.53. The van der Waals surface area contributed by atoms with Crippen LogP contribution in [0.2, 0.25) is 0 Å². The summed E-state index contributed by atoms with van der Waals surface area (Å²) in [6.07, 6.45) is 0. The first-order chi connectivity index (χ1) is 7.13. The number of fused-ring (bicyclic) bond motifs is 1. The number of aliphatic hydroxyl groups is 1. The first kappa shape index (κ1) is 10.2. The second kappa shape index (κ2) is 3.66. The highest BCUT2D eigenvalue weighted by atomic mass is 16.3. The van der Waals surface area contributed by atoms with Gasteiger partial charge < -0.3 is 5.11 Å². The summed E-state index contributed by atoms with van der Waals surface area (Å²) >= 11 is 0. The number of benzene rings is 1. The van der Waals surface area contributed by atoms with Gasteiger partial charge in [0.2, 0.25) is 0 Å². The summed E-state index contributed by atoms with van der Waals surface area (Å²) in [4.78, 5) is 0. The Morgan fingerprint density at radius 1 is 1.47 bits per heavy atom. The van der Waals surface area contributed by atoms with Gasteiger partial charge in [-0.25, -0.2) is 0 Å². The summed E-state index contributed by atoms with van der Waals surface area (Å²) in [6, 6.07) is 6.26. The van der Waals surface area contributed by atoms with Crippen LogP contribution in [0.5, 0.6) is 0 Å². The molecule has 0 fully saturated rings. The van der Waals surface area contributed by atoms with Crippen molar-refractivity contribution in [2.75, 3.05) is 6.61 Å². The summed E-state index contributed by atoms with van der Waals surface area (Å²) in [7, 11) is 1.95. The van der Waals surface area contributed by atoms with Crippen LogP contribution >= 0.6 is 0 Å². The van der Waals surface area contributed by atoms with E-state index in [0.717, 1.165) is 16.8 Å². The maximum absolute atomic E-state index is 9.11. The Morgan fingerprint density at radius 3 is 2.87 bits per heavy atom. The van der Waals surface area contributed by atoms with Crippen LogP contribution in [0.15, 0.2) is 18.2 Å². The van der Waals surface area contributed by atoms with Crippen LogP contribution < -0.4 is 0 Å². The Labute approximate surface area is 89.3 Å². The minimum absolute atomic E-state index is 0.183. The third-order valence-electron chi connectivity index (χ3n) is 2.90. The van der Waals surface area contributed by atoms with Crippen LogP contribution in [0.4, 0.5) is 0 Å². The molecule has 0 aliphatic heterocycles. The van der Waals surface area contributed by atoms with Crippen LogP contribution in [0.1, 0.15) is 24.1 Å². The van der Waals surface area contributed by atoms with Gasteiger partial charge in [0.1, 0.15) is 0 Å². The van der Waals surface area contributed by atoms with E-state index in [1.807, 2.05) is 25.6 Å². The molecule has 0 amide bonds. The molecule has 1 unspecified atom stereocenters. The Kier molecular flexibility index (Phi) is 2.49. The van der Waals surface area contributed by atoms with Crippen molar-refractivity contribution >= 4 is 10.9 Å². The maximum Gasteiger partial charge on any atom is 0.0684 e. The molecule has 2 aromatic rings. The van der Waals surface area contributed by atoms with Crippen molar-refractivity contribution < 1.29 is 5.11 Å². The lowest BCUT2D eigenvalue weighted by Crippen LogP contribution is -1.99. The molecule has 0 bridgehead atoms. The zero-order valence-electron chi connectivity index (χ0n) is 9.36. The van der Waals surface area contributed by atoms with Gasteiger partial charge in [-0.15, -0.1) is 0 Å². The molecule has 2 rings (SSSR count). The Bertz CT molecular complexity index is 488. The molecule has 0 spiro atoms. The van der Waals surface area contributed by atoms with Crippen LogP contribution in [0.25, 0.3) is 10.9 Å². The Morgan fingerprint density at radius 2 is 2.20 bits per heavy atom. The predicted molar refractivity (Wildman–Crippen MR) is 61.0 cm³/mol. The van der Waals surface area contributed by atoms with E-state index < -0.39 is 0 Å². The molecule has 80 valence electrons. The third kappa shape index (κ3) is 1.63. The van der Waals surface area contributed by atoms with E-state index in [1.165, 1.54) is 5.39 Å². The molecule has 1 aromatic carbocycles. The number of aliphatic hydroxyl groups excluding tert-OH is 1. The largest absolute Gasteiger partial charge is 0.396 e. The number of hydrogen-bond donors (Lipinski definition) is 1. The smallest absolute Gasteiger partial charge is 0.0684 e. The SMILES string of the molecule is Cc1nn(C)c2cc(C(C)CO)ccc12. The van der Waals surface area contributed by atoms with Crippen molar-refractivity contribution in [2.24, 2.45) is 7.05 Å². The van der Waals surface area contributed by atoms with Crippen molar-refractivity contribution in [1.29, 1.82) is 0 Å². The third-order valence-corrected chi connectivity index (χ3v) is 2.90. The quantitative estimate of drug-likeness (QED) is 0.812. The van der Waals surface area contributed by atoms with E-state index in [4.69, 9.17) is 5.11 Å². The number of aromatic nitrogens is 2. The van der Waals surface area contributed by atoms with Crippen molar-refractivity contribution in [3.05, 3.63) is 29.5 Å². The normalized spacial score (nSPS) is 13.3. The lowest BCUT2D eigenvalue weighted by molar-refractivity contribution is 0.273. The fourth-order valence-electron chi connectivity index (χ4n) is 1.87. The summed E-state index contributed by atoms with van der Waals surface area (Å²) in [5.41, 5.74) is 3.34. The topological polar surface area (TPSA) is 38.0 Å². The molecule has 15 heavy (non-hydrogen) atoms. The van der Waals surface area contributed by atoms with Crippen molar-refractivity contribution in [3.8, 4) is 0 Å². The minimum Gasteiger partial charge on any atom is -0.396 e. The fraction of sp³-hybridized carbons (Fsp3) is 0.417. The first-order valence-corrected chi connectivity index (χ1v) is 5.17. The second-order valence-electron chi connectivity index (χ2n) is 4.07. The van der Waals surface area contributed by atoms with E-state index in [-0.39, 0.29) is 12.5 Å². The fourth-order valence-corrected chi connectivity index (χ4v) is 1.87. The van der Waals surface area contributed by atoms with Crippen LogP contribution in [0, 0.1) is 6.92 Å². The number of hydrogen-bond acceptors (Lipinski definition) is 2. The average molecular weight is 204 g/mol. The molecule has 0 aliphatic rings. The summed E-state index contributed by atoms with van der Waals surface area (Å²) in [6.45, 7) is 4.21. The van der Waals surface area contributed by atoms with Gasteiger partial charge in [-0.2, -0.15) is 5.10 Å². The molecule has 1 N–H and O–H groups in total. The van der Waals surface area contributed by atoms with Crippen LogP contribution in [-0.4, -0.2) is 21.5 Å². The standard InChI is InChI=1S/C12H16N2O/c1-8(7-15)10-4-5-11-9(2)13-14(3)12(11)6-10/h4-6,8,15H,7H2,1-3H3. The number of nitrogens with zero attached hydrogens (tertiary/aromatic N) is 2. The van der Waals surface area contributed by atoms with Crippen molar-refractivity contribution in [2.45, 2.75) is 19.8 Å². The number of rotatable bonds is 2. The van der Waals surface area contributed by atoms with E-state index in [9.17, 15) is 0 Å². The molecular formula is C12H16N2O. The number of aryl methyl sites for hydroxylation is 2. The van der Waals surface area contributed by atoms with Crippen molar-refractivity contribution in [3.63, 3.8) is 0 Å². The van der Waals surface area contributed by atoms with Gasteiger partial charge in [0, 0.05) is 25.0 Å². The molecule has 3 heteroatoms. The lowest BCUT2D eigenvalue weighted by Gasteiger charge is -2.08. The Balaban J connectivity index is 2.60. The molecule has 0 radical (unpaired) electrons. The van der Waals surface area contributed by atoms with Crippen LogP contribution in [-0.2, 0) is 7.05 Å². The van der Waals surface area contributed by atoms with E-state index >= 15 is 0 Å². The zero-order chi connectivity index (χ0) is 11.0. The second-order valence-corrected chi connectivity index (χ2v) is 4.07.